The average molecular weight is 278 g/mol. The molecular weight excluding hydrogens is 266 g/mol. The molecule has 1 aromatic heterocycles. The molecule has 20 heavy (non-hydrogen) atoms. The number of carboxylic acids is 1. The van der Waals surface area contributed by atoms with Crippen LogP contribution in [0.4, 0.5) is 14.6 Å². The average Bonchev–Trinajstić information content (AvgIpc) is 2.41. The van der Waals surface area contributed by atoms with Gasteiger partial charge in [-0.3, -0.25) is 0 Å². The first-order chi connectivity index (χ1) is 9.43. The quantitative estimate of drug-likeness (QED) is 0.905. The van der Waals surface area contributed by atoms with Gasteiger partial charge in [-0.1, -0.05) is 0 Å². The van der Waals surface area contributed by atoms with Crippen LogP contribution in [0.1, 0.15) is 15.9 Å². The molecule has 0 atom stereocenters. The summed E-state index contributed by atoms with van der Waals surface area (Å²) in [6, 6.07) is 4.88. The minimum atomic E-state index is -1.11. The highest BCUT2D eigenvalue weighted by Gasteiger charge is 2.16. The highest BCUT2D eigenvalue weighted by molar-refractivity contribution is 5.94. The van der Waals surface area contributed by atoms with Crippen molar-refractivity contribution >= 4 is 11.8 Å². The number of aryl methyl sites for hydroxylation is 1. The normalized spacial score (nSPS) is 10.4. The van der Waals surface area contributed by atoms with Gasteiger partial charge in [0.05, 0.1) is 5.69 Å². The molecule has 2 aromatic rings. The first-order valence-electron chi connectivity index (χ1n) is 5.82. The van der Waals surface area contributed by atoms with Gasteiger partial charge in [0.1, 0.15) is 11.4 Å². The fraction of sp³-hybridized carbons (Fsp3) is 0.143. The Labute approximate surface area is 114 Å². The van der Waals surface area contributed by atoms with Crippen molar-refractivity contribution in [3.05, 3.63) is 47.0 Å². The van der Waals surface area contributed by atoms with E-state index in [9.17, 15) is 13.6 Å². The molecule has 0 spiro atoms. The second-order valence-corrected chi connectivity index (χ2v) is 4.23. The van der Waals surface area contributed by atoms with Crippen molar-refractivity contribution < 1.29 is 18.7 Å². The number of hydrogen-bond acceptors (Lipinski definition) is 3. The Hall–Kier alpha value is -2.50. The summed E-state index contributed by atoms with van der Waals surface area (Å²) in [4.78, 5) is 15.3. The summed E-state index contributed by atoms with van der Waals surface area (Å²) >= 11 is 0. The maximum atomic E-state index is 13.3. The summed E-state index contributed by atoms with van der Waals surface area (Å²) in [6.07, 6.45) is 0. The summed E-state index contributed by atoms with van der Waals surface area (Å²) in [6.45, 7) is 1.66. The van der Waals surface area contributed by atoms with Gasteiger partial charge < -0.3 is 10.4 Å². The third kappa shape index (κ3) is 2.45. The fourth-order valence-corrected chi connectivity index (χ4v) is 1.90. The molecule has 1 aromatic carbocycles. The van der Waals surface area contributed by atoms with E-state index in [1.165, 1.54) is 12.1 Å². The van der Waals surface area contributed by atoms with Gasteiger partial charge >= 0.3 is 5.97 Å². The van der Waals surface area contributed by atoms with Crippen molar-refractivity contribution in [3.8, 4) is 11.3 Å². The first-order valence-corrected chi connectivity index (χ1v) is 5.82. The van der Waals surface area contributed by atoms with E-state index in [1.807, 2.05) is 0 Å². The summed E-state index contributed by atoms with van der Waals surface area (Å²) in [7, 11) is 1.54. The lowest BCUT2D eigenvalue weighted by molar-refractivity contribution is 0.0697. The number of anilines is 1. The molecule has 2 N–H and O–H groups in total. The summed E-state index contributed by atoms with van der Waals surface area (Å²) in [5, 5.41) is 11.8. The lowest BCUT2D eigenvalue weighted by atomic mass is 10.0. The van der Waals surface area contributed by atoms with Crippen molar-refractivity contribution in [2.75, 3.05) is 12.4 Å². The van der Waals surface area contributed by atoms with Crippen LogP contribution in [0.3, 0.4) is 0 Å². The lowest BCUT2D eigenvalue weighted by Gasteiger charge is -2.11. The predicted molar refractivity (Wildman–Crippen MR) is 70.8 cm³/mol. The largest absolute Gasteiger partial charge is 0.478 e. The van der Waals surface area contributed by atoms with Gasteiger partial charge in [-0.25, -0.2) is 18.6 Å². The third-order valence-electron chi connectivity index (χ3n) is 2.87. The Morgan fingerprint density at radius 2 is 1.95 bits per heavy atom. The molecule has 104 valence electrons. The molecule has 2 rings (SSSR count). The van der Waals surface area contributed by atoms with Crippen molar-refractivity contribution in [1.29, 1.82) is 0 Å². The van der Waals surface area contributed by atoms with Gasteiger partial charge in [-0.15, -0.1) is 0 Å². The van der Waals surface area contributed by atoms with E-state index < -0.39 is 17.6 Å². The SMILES string of the molecule is CNc1nc(-c2ccc(F)c(F)c2)c(C)cc1C(=O)O. The number of benzene rings is 1. The molecular formula is C14H12F2N2O2. The van der Waals surface area contributed by atoms with E-state index in [2.05, 4.69) is 10.3 Å². The Morgan fingerprint density at radius 3 is 2.50 bits per heavy atom. The van der Waals surface area contributed by atoms with E-state index in [4.69, 9.17) is 5.11 Å². The monoisotopic (exact) mass is 278 g/mol. The van der Waals surface area contributed by atoms with Crippen molar-refractivity contribution in [2.24, 2.45) is 0 Å². The van der Waals surface area contributed by atoms with Crippen LogP contribution in [0, 0.1) is 18.6 Å². The molecule has 0 saturated carbocycles. The van der Waals surface area contributed by atoms with Crippen LogP contribution in [0.15, 0.2) is 24.3 Å². The molecule has 0 unspecified atom stereocenters. The molecule has 0 amide bonds. The smallest absolute Gasteiger partial charge is 0.339 e. The number of pyridine rings is 1. The fourth-order valence-electron chi connectivity index (χ4n) is 1.90. The van der Waals surface area contributed by atoms with Crippen LogP contribution in [-0.2, 0) is 0 Å². The van der Waals surface area contributed by atoms with Crippen molar-refractivity contribution in [3.63, 3.8) is 0 Å². The van der Waals surface area contributed by atoms with Crippen molar-refractivity contribution in [1.82, 2.24) is 4.98 Å². The van der Waals surface area contributed by atoms with Gasteiger partial charge in [-0.05, 0) is 36.8 Å². The zero-order valence-corrected chi connectivity index (χ0v) is 10.9. The van der Waals surface area contributed by atoms with Gasteiger partial charge in [0.2, 0.25) is 0 Å². The van der Waals surface area contributed by atoms with E-state index in [0.717, 1.165) is 12.1 Å². The molecule has 0 bridgehead atoms. The highest BCUT2D eigenvalue weighted by atomic mass is 19.2. The first kappa shape index (κ1) is 13.9. The summed E-state index contributed by atoms with van der Waals surface area (Å²) < 4.78 is 26.2. The van der Waals surface area contributed by atoms with Crippen molar-refractivity contribution in [2.45, 2.75) is 6.92 Å². The number of aromatic nitrogens is 1. The second kappa shape index (κ2) is 5.24. The van der Waals surface area contributed by atoms with Crippen LogP contribution in [0.5, 0.6) is 0 Å². The maximum absolute atomic E-state index is 13.3. The number of nitrogens with zero attached hydrogens (tertiary/aromatic N) is 1. The Bertz CT molecular complexity index is 687. The molecule has 0 fully saturated rings. The predicted octanol–water partition coefficient (Wildman–Crippen LogP) is 3.08. The van der Waals surface area contributed by atoms with Crippen LogP contribution >= 0.6 is 0 Å². The van der Waals surface area contributed by atoms with Gasteiger partial charge in [0, 0.05) is 12.6 Å². The minimum Gasteiger partial charge on any atom is -0.478 e. The van der Waals surface area contributed by atoms with Crippen LogP contribution in [-0.4, -0.2) is 23.1 Å². The molecule has 0 radical (unpaired) electrons. The number of carboxylic acid groups (broad SMARTS) is 1. The van der Waals surface area contributed by atoms with E-state index in [0.29, 0.717) is 16.8 Å². The number of aromatic carboxylic acids is 1. The minimum absolute atomic E-state index is 0.0244. The Kier molecular flexibility index (Phi) is 3.65. The lowest BCUT2D eigenvalue weighted by Crippen LogP contribution is -2.07. The number of carbonyl (C=O) groups is 1. The van der Waals surface area contributed by atoms with Gasteiger partial charge in [0.15, 0.2) is 11.6 Å². The molecule has 0 aliphatic heterocycles. The van der Waals surface area contributed by atoms with Crippen LogP contribution in [0.25, 0.3) is 11.3 Å². The summed E-state index contributed by atoms with van der Waals surface area (Å²) in [5.74, 6) is -2.86. The molecule has 4 nitrogen and oxygen atoms in total. The Balaban J connectivity index is 2.62. The van der Waals surface area contributed by atoms with Crippen LogP contribution in [0.2, 0.25) is 0 Å². The number of rotatable bonds is 3. The number of nitrogens with one attached hydrogen (secondary N) is 1. The molecule has 0 aliphatic carbocycles. The molecule has 6 heteroatoms. The highest BCUT2D eigenvalue weighted by Crippen LogP contribution is 2.27. The zero-order chi connectivity index (χ0) is 14.9. The maximum Gasteiger partial charge on any atom is 0.339 e. The topological polar surface area (TPSA) is 62.2 Å². The zero-order valence-electron chi connectivity index (χ0n) is 10.9. The Morgan fingerprint density at radius 1 is 1.25 bits per heavy atom. The standard InChI is InChI=1S/C14H12F2N2O2/c1-7-5-9(14(19)20)13(17-2)18-12(7)8-3-4-10(15)11(16)6-8/h3-6H,1-2H3,(H,17,18)(H,19,20). The number of hydrogen-bond donors (Lipinski definition) is 2. The van der Waals surface area contributed by atoms with Crippen LogP contribution < -0.4 is 5.32 Å². The molecule has 1 heterocycles. The number of halogens is 2. The molecule has 0 aliphatic rings. The van der Waals surface area contributed by atoms with E-state index in [1.54, 1.807) is 14.0 Å². The van der Waals surface area contributed by atoms with E-state index >= 15 is 0 Å². The van der Waals surface area contributed by atoms with Gasteiger partial charge in [-0.2, -0.15) is 0 Å². The van der Waals surface area contributed by atoms with E-state index in [-0.39, 0.29) is 11.4 Å². The second-order valence-electron chi connectivity index (χ2n) is 4.23. The summed E-state index contributed by atoms with van der Waals surface area (Å²) in [5.41, 5.74) is 1.37. The molecule has 0 saturated heterocycles. The third-order valence-corrected chi connectivity index (χ3v) is 2.87. The van der Waals surface area contributed by atoms with Gasteiger partial charge in [0.25, 0.3) is 0 Å².